The number of hydrogen-bond donors (Lipinski definition) is 2. The number of hydrogen-bond acceptors (Lipinski definition) is 3. The molecule has 3 nitrogen and oxygen atoms in total. The highest BCUT2D eigenvalue weighted by Crippen LogP contribution is 2.35. The SMILES string of the molecule is CNC1=CCC2C(=C1)NC(C)=C2CN(C)C. The highest BCUT2D eigenvalue weighted by Gasteiger charge is 2.29. The van der Waals surface area contributed by atoms with E-state index in [0.29, 0.717) is 5.92 Å². The summed E-state index contributed by atoms with van der Waals surface area (Å²) in [6.07, 6.45) is 5.61. The first-order valence-corrected chi connectivity index (χ1v) is 5.82. The standard InChI is InChI=1S/C13H21N3/c1-9-12(8-16(3)4)11-6-5-10(14-2)7-13(11)15-9/h5,7,11,14-15H,6,8H2,1-4H3. The fraction of sp³-hybridized carbons (Fsp3) is 0.538. The second kappa shape index (κ2) is 4.34. The van der Waals surface area contributed by atoms with Crippen molar-refractivity contribution in [3.63, 3.8) is 0 Å². The molecule has 2 aliphatic rings. The summed E-state index contributed by atoms with van der Waals surface area (Å²) in [4.78, 5) is 2.24. The van der Waals surface area contributed by atoms with E-state index in [1.165, 1.54) is 22.7 Å². The van der Waals surface area contributed by atoms with E-state index in [0.717, 1.165) is 13.0 Å². The number of nitrogens with zero attached hydrogens (tertiary/aromatic N) is 1. The van der Waals surface area contributed by atoms with Gasteiger partial charge in [0.2, 0.25) is 0 Å². The normalized spacial score (nSPS) is 23.9. The van der Waals surface area contributed by atoms with Gasteiger partial charge in [0.1, 0.15) is 0 Å². The topological polar surface area (TPSA) is 27.3 Å². The first-order valence-electron chi connectivity index (χ1n) is 5.82. The Morgan fingerprint density at radius 1 is 1.50 bits per heavy atom. The second-order valence-electron chi connectivity index (χ2n) is 4.81. The molecule has 0 bridgehead atoms. The zero-order chi connectivity index (χ0) is 11.7. The van der Waals surface area contributed by atoms with E-state index in [4.69, 9.17) is 0 Å². The van der Waals surface area contributed by atoms with Crippen molar-refractivity contribution < 1.29 is 0 Å². The van der Waals surface area contributed by atoms with Crippen molar-refractivity contribution in [1.29, 1.82) is 0 Å². The lowest BCUT2D eigenvalue weighted by atomic mass is 9.90. The van der Waals surface area contributed by atoms with E-state index in [1.807, 2.05) is 7.05 Å². The van der Waals surface area contributed by atoms with Crippen LogP contribution in [0.1, 0.15) is 13.3 Å². The van der Waals surface area contributed by atoms with Gasteiger partial charge in [-0.3, -0.25) is 0 Å². The Hall–Kier alpha value is -1.22. The van der Waals surface area contributed by atoms with E-state index in [-0.39, 0.29) is 0 Å². The molecule has 0 spiro atoms. The smallest absolute Gasteiger partial charge is 0.0315 e. The van der Waals surface area contributed by atoms with Crippen LogP contribution in [0.25, 0.3) is 0 Å². The Balaban J connectivity index is 2.18. The summed E-state index contributed by atoms with van der Waals surface area (Å²) in [5, 5.41) is 6.71. The highest BCUT2D eigenvalue weighted by molar-refractivity contribution is 5.41. The van der Waals surface area contributed by atoms with Crippen LogP contribution in [0.3, 0.4) is 0 Å². The third-order valence-corrected chi connectivity index (χ3v) is 3.27. The number of fused-ring (bicyclic) bond motifs is 1. The lowest BCUT2D eigenvalue weighted by molar-refractivity contribution is 0.428. The zero-order valence-electron chi connectivity index (χ0n) is 10.6. The lowest BCUT2D eigenvalue weighted by Crippen LogP contribution is -2.21. The first-order chi connectivity index (χ1) is 7.61. The minimum atomic E-state index is 0.569. The monoisotopic (exact) mass is 219 g/mol. The van der Waals surface area contributed by atoms with Crippen LogP contribution in [0.4, 0.5) is 0 Å². The fourth-order valence-corrected chi connectivity index (χ4v) is 2.45. The molecule has 2 rings (SSSR count). The van der Waals surface area contributed by atoms with Crippen molar-refractivity contribution >= 4 is 0 Å². The molecule has 0 saturated carbocycles. The first kappa shape index (κ1) is 11.3. The van der Waals surface area contributed by atoms with Crippen LogP contribution in [0, 0.1) is 5.92 Å². The van der Waals surface area contributed by atoms with Crippen LogP contribution >= 0.6 is 0 Å². The van der Waals surface area contributed by atoms with Crippen LogP contribution in [0.5, 0.6) is 0 Å². The molecule has 0 saturated heterocycles. The van der Waals surface area contributed by atoms with Gasteiger partial charge in [-0.15, -0.1) is 0 Å². The minimum Gasteiger partial charge on any atom is -0.388 e. The minimum absolute atomic E-state index is 0.569. The number of allylic oxidation sites excluding steroid dienone is 4. The molecule has 0 aromatic heterocycles. The summed E-state index contributed by atoms with van der Waals surface area (Å²) in [6.45, 7) is 3.22. The van der Waals surface area contributed by atoms with Gasteiger partial charge in [-0.1, -0.05) is 6.08 Å². The maximum absolute atomic E-state index is 3.51. The fourth-order valence-electron chi connectivity index (χ4n) is 2.45. The molecule has 0 aromatic rings. The van der Waals surface area contributed by atoms with Crippen molar-refractivity contribution in [2.24, 2.45) is 5.92 Å². The summed E-state index contributed by atoms with van der Waals surface area (Å²) in [5.41, 5.74) is 5.43. The summed E-state index contributed by atoms with van der Waals surface area (Å²) < 4.78 is 0. The van der Waals surface area contributed by atoms with E-state index in [9.17, 15) is 0 Å². The number of nitrogens with one attached hydrogen (secondary N) is 2. The Morgan fingerprint density at radius 2 is 2.25 bits per heavy atom. The Labute approximate surface area is 97.9 Å². The molecule has 1 heterocycles. The zero-order valence-corrected chi connectivity index (χ0v) is 10.6. The predicted molar refractivity (Wildman–Crippen MR) is 67.7 cm³/mol. The molecule has 3 heteroatoms. The second-order valence-corrected chi connectivity index (χ2v) is 4.81. The molecule has 0 radical (unpaired) electrons. The molecule has 1 aliphatic heterocycles. The number of rotatable bonds is 3. The molecule has 1 unspecified atom stereocenters. The van der Waals surface area contributed by atoms with Gasteiger partial charge >= 0.3 is 0 Å². The van der Waals surface area contributed by atoms with Gasteiger partial charge in [-0.2, -0.15) is 0 Å². The molecule has 2 N–H and O–H groups in total. The maximum Gasteiger partial charge on any atom is 0.0315 e. The summed E-state index contributed by atoms with van der Waals surface area (Å²) in [5.74, 6) is 0.569. The molecule has 0 fully saturated rings. The lowest BCUT2D eigenvalue weighted by Gasteiger charge is -2.21. The van der Waals surface area contributed by atoms with Gasteiger partial charge in [0.15, 0.2) is 0 Å². The molecule has 1 atom stereocenters. The summed E-state index contributed by atoms with van der Waals surface area (Å²) >= 11 is 0. The molecular formula is C13H21N3. The van der Waals surface area contributed by atoms with Gasteiger partial charge in [0.25, 0.3) is 0 Å². The van der Waals surface area contributed by atoms with Gasteiger partial charge in [0.05, 0.1) is 0 Å². The van der Waals surface area contributed by atoms with Gasteiger partial charge in [0, 0.05) is 36.6 Å². The van der Waals surface area contributed by atoms with Gasteiger partial charge < -0.3 is 15.5 Å². The van der Waals surface area contributed by atoms with Gasteiger partial charge in [-0.25, -0.2) is 0 Å². The third kappa shape index (κ3) is 2.00. The molecule has 16 heavy (non-hydrogen) atoms. The average Bonchev–Trinajstić information content (AvgIpc) is 2.54. The molecular weight excluding hydrogens is 198 g/mol. The van der Waals surface area contributed by atoms with Crippen LogP contribution < -0.4 is 10.6 Å². The molecule has 0 amide bonds. The molecule has 1 aliphatic carbocycles. The van der Waals surface area contributed by atoms with Crippen LogP contribution in [0.2, 0.25) is 0 Å². The highest BCUT2D eigenvalue weighted by atomic mass is 15.1. The summed E-state index contributed by atoms with van der Waals surface area (Å²) in [7, 11) is 6.22. The van der Waals surface area contributed by atoms with E-state index in [1.54, 1.807) is 0 Å². The van der Waals surface area contributed by atoms with Crippen molar-refractivity contribution in [3.05, 3.63) is 34.8 Å². The third-order valence-electron chi connectivity index (χ3n) is 3.27. The predicted octanol–water partition coefficient (Wildman–Crippen LogP) is 1.43. The van der Waals surface area contributed by atoms with Crippen LogP contribution in [-0.4, -0.2) is 32.6 Å². The Morgan fingerprint density at radius 3 is 2.88 bits per heavy atom. The Kier molecular flexibility index (Phi) is 3.06. The van der Waals surface area contributed by atoms with Crippen molar-refractivity contribution in [2.45, 2.75) is 13.3 Å². The van der Waals surface area contributed by atoms with Crippen molar-refractivity contribution in [3.8, 4) is 0 Å². The quantitative estimate of drug-likeness (QED) is 0.752. The van der Waals surface area contributed by atoms with Crippen LogP contribution in [-0.2, 0) is 0 Å². The van der Waals surface area contributed by atoms with Gasteiger partial charge in [-0.05, 0) is 39.1 Å². The average molecular weight is 219 g/mol. The molecule has 88 valence electrons. The number of likely N-dealkylation sites (N-methyl/N-ethyl adjacent to an activating group) is 2. The van der Waals surface area contributed by atoms with Crippen molar-refractivity contribution in [1.82, 2.24) is 15.5 Å². The van der Waals surface area contributed by atoms with E-state index < -0.39 is 0 Å². The van der Waals surface area contributed by atoms with E-state index in [2.05, 4.69) is 48.7 Å². The molecule has 0 aromatic carbocycles. The summed E-state index contributed by atoms with van der Waals surface area (Å²) in [6, 6.07) is 0. The maximum atomic E-state index is 3.51. The van der Waals surface area contributed by atoms with Crippen LogP contribution in [0.15, 0.2) is 34.8 Å². The Bertz CT molecular complexity index is 375. The largest absolute Gasteiger partial charge is 0.388 e. The van der Waals surface area contributed by atoms with E-state index >= 15 is 0 Å². The van der Waals surface area contributed by atoms with Crippen molar-refractivity contribution in [2.75, 3.05) is 27.7 Å².